The fourth-order valence-corrected chi connectivity index (χ4v) is 5.66. The number of hydrogen-bond acceptors (Lipinski definition) is 18. The van der Waals surface area contributed by atoms with Crippen LogP contribution in [0.3, 0.4) is 0 Å². The molecule has 16 nitrogen and oxygen atoms in total. The Labute approximate surface area is 290 Å². The van der Waals surface area contributed by atoms with E-state index in [1.54, 1.807) is 58.0 Å². The van der Waals surface area contributed by atoms with Crippen LogP contribution >= 0.6 is 34.0 Å². The van der Waals surface area contributed by atoms with Crippen LogP contribution < -0.4 is 18.9 Å². The monoisotopic (exact) mass is 696 g/mol. The third-order valence-corrected chi connectivity index (χ3v) is 8.33. The van der Waals surface area contributed by atoms with Gasteiger partial charge in [-0.25, -0.2) is 14.4 Å². The number of esters is 2. The van der Waals surface area contributed by atoms with E-state index in [2.05, 4.69) is 35.2 Å². The first-order valence-corrected chi connectivity index (χ1v) is 15.2. The number of aromatic nitrogens is 6. The van der Waals surface area contributed by atoms with Crippen LogP contribution in [0, 0.1) is 20.8 Å². The van der Waals surface area contributed by atoms with Gasteiger partial charge in [0.25, 0.3) is 0 Å². The van der Waals surface area contributed by atoms with Crippen LogP contribution in [0.4, 0.5) is 0 Å². The topological polar surface area (TPSA) is 237 Å². The fraction of sp³-hybridized carbons (Fsp3) is 0.222. The molecule has 0 unspecified atom stereocenters. The minimum atomic E-state index is -0.943. The molecule has 0 aliphatic heterocycles. The summed E-state index contributed by atoms with van der Waals surface area (Å²) in [6, 6.07) is 10.1. The summed E-state index contributed by atoms with van der Waals surface area (Å²) in [5.41, 5.74) is 0. The van der Waals surface area contributed by atoms with Crippen molar-refractivity contribution in [1.29, 1.82) is 0 Å². The number of ether oxygens (including phenoxy) is 2. The van der Waals surface area contributed by atoms with Crippen LogP contribution in [-0.4, -0.2) is 72.6 Å². The van der Waals surface area contributed by atoms with E-state index in [9.17, 15) is 14.4 Å². The van der Waals surface area contributed by atoms with Crippen molar-refractivity contribution in [2.75, 3.05) is 13.7 Å². The second kappa shape index (κ2) is 18.0. The molecular formula is C27H25LiN6O10S3. The van der Waals surface area contributed by atoms with Gasteiger partial charge < -0.3 is 33.6 Å². The molecule has 0 fully saturated rings. The van der Waals surface area contributed by atoms with E-state index in [0.29, 0.717) is 56.4 Å². The maximum Gasteiger partial charge on any atom is 1.00 e. The van der Waals surface area contributed by atoms with Crippen molar-refractivity contribution in [1.82, 2.24) is 30.4 Å². The first kappa shape index (κ1) is 38.7. The average Bonchev–Trinajstić information content (AvgIpc) is 3.86. The normalized spacial score (nSPS) is 9.89. The molecule has 242 valence electrons. The van der Waals surface area contributed by atoms with E-state index in [1.165, 1.54) is 35.8 Å². The van der Waals surface area contributed by atoms with E-state index >= 15 is 0 Å². The van der Waals surface area contributed by atoms with Crippen LogP contribution in [-0.2, 0) is 9.47 Å². The molecule has 2 N–H and O–H groups in total. The Morgan fingerprint density at radius 2 is 1.04 bits per heavy atom. The summed E-state index contributed by atoms with van der Waals surface area (Å²) >= 11 is 3.68. The third kappa shape index (κ3) is 10.5. The molecule has 0 aliphatic rings. The largest absolute Gasteiger partial charge is 1.00 e. The number of thiophene rings is 3. The number of carbonyl (C=O) groups is 3. The molecule has 20 heteroatoms. The van der Waals surface area contributed by atoms with Gasteiger partial charge in [0, 0.05) is 20.8 Å². The van der Waals surface area contributed by atoms with Gasteiger partial charge in [0.2, 0.25) is 35.1 Å². The van der Waals surface area contributed by atoms with Gasteiger partial charge in [-0.2, -0.15) is 15.0 Å². The van der Waals surface area contributed by atoms with E-state index in [-0.39, 0.29) is 41.2 Å². The second-order valence-corrected chi connectivity index (χ2v) is 11.7. The summed E-state index contributed by atoms with van der Waals surface area (Å²) < 4.78 is 24.0. The fourth-order valence-electron chi connectivity index (χ4n) is 3.21. The quantitative estimate of drug-likeness (QED) is 0.186. The first-order valence-electron chi connectivity index (χ1n) is 12.8. The van der Waals surface area contributed by atoms with Gasteiger partial charge in [0.1, 0.15) is 14.6 Å². The van der Waals surface area contributed by atoms with Crippen molar-refractivity contribution in [3.05, 3.63) is 68.7 Å². The summed E-state index contributed by atoms with van der Waals surface area (Å²) in [5, 5.41) is 19.9. The molecule has 0 amide bonds. The Hall–Kier alpha value is -4.51. The molecule has 0 aliphatic carbocycles. The van der Waals surface area contributed by atoms with Gasteiger partial charge in [0.15, 0.2) is 0 Å². The minimum Gasteiger partial charge on any atom is -0.870 e. The van der Waals surface area contributed by atoms with Gasteiger partial charge in [-0.3, -0.25) is 0 Å². The zero-order chi connectivity index (χ0) is 32.5. The van der Waals surface area contributed by atoms with E-state index in [4.69, 9.17) is 23.4 Å². The summed E-state index contributed by atoms with van der Waals surface area (Å²) in [6.45, 7) is 7.26. The van der Waals surface area contributed by atoms with Gasteiger partial charge in [-0.1, -0.05) is 15.5 Å². The summed E-state index contributed by atoms with van der Waals surface area (Å²) in [6.07, 6.45) is 0. The van der Waals surface area contributed by atoms with Crippen LogP contribution in [0.1, 0.15) is 53.6 Å². The van der Waals surface area contributed by atoms with Crippen LogP contribution in [0.25, 0.3) is 32.1 Å². The van der Waals surface area contributed by atoms with Gasteiger partial charge in [-0.15, -0.1) is 34.0 Å². The Kier molecular flexibility index (Phi) is 14.8. The van der Waals surface area contributed by atoms with Gasteiger partial charge in [0.05, 0.1) is 28.3 Å². The molecule has 0 aromatic carbocycles. The summed E-state index contributed by atoms with van der Waals surface area (Å²) in [5.74, 6) is 1.27. The van der Waals surface area contributed by atoms with Crippen LogP contribution in [0.2, 0.25) is 0 Å². The predicted octanol–water partition coefficient (Wildman–Crippen LogP) is 2.81. The van der Waals surface area contributed by atoms with Crippen LogP contribution in [0.15, 0.2) is 50.0 Å². The number of carboxylic acids is 1. The van der Waals surface area contributed by atoms with E-state index in [0.717, 1.165) is 21.1 Å². The molecule has 6 rings (SSSR count). The molecular weight excluding hydrogens is 671 g/mol. The van der Waals surface area contributed by atoms with Gasteiger partial charge in [-0.05, 0) is 43.3 Å². The molecule has 6 heterocycles. The second-order valence-electron chi connectivity index (χ2n) is 8.42. The molecule has 0 atom stereocenters. The Balaban J connectivity index is 0.000000240. The summed E-state index contributed by atoms with van der Waals surface area (Å²) in [4.78, 5) is 48.9. The van der Waals surface area contributed by atoms with Crippen molar-refractivity contribution in [2.45, 2.75) is 27.7 Å². The molecule has 0 bridgehead atoms. The standard InChI is InChI=1S/C10H10N2O3S.C9H8N2O3S.C8H6N2O3S.Li.H2O/c1-3-14-10(13)8-5-4-7(16-8)9-11-6(2)15-12-9;1-5-10-8(11-14-5)6-3-4-7(15-6)9(12)13-2;1-4-9-7(10-13-4)5-2-3-6(14-5)8(11)12;;/h4-5H,3H2,1-2H3;3-4H,1-2H3;2-3H,1H3,(H,11,12);;1H2/q;;;+1;/p-1. The molecule has 0 saturated heterocycles. The summed E-state index contributed by atoms with van der Waals surface area (Å²) in [7, 11) is 1.35. The number of rotatable bonds is 7. The van der Waals surface area contributed by atoms with Gasteiger partial charge >= 0.3 is 36.8 Å². The molecule has 0 saturated carbocycles. The SMILES string of the molecule is CCOC(=O)c1ccc(-c2noc(C)n2)s1.COC(=O)c1ccc(-c2noc(C)n2)s1.Cc1nc(-c2ccc(C(=O)O)s2)no1.[Li+].[OH-]. The Morgan fingerprint density at radius 3 is 1.34 bits per heavy atom. The number of carboxylic acid groups (broad SMARTS) is 1. The Morgan fingerprint density at radius 1 is 0.681 bits per heavy atom. The predicted molar refractivity (Wildman–Crippen MR) is 163 cm³/mol. The number of nitrogens with zero attached hydrogens (tertiary/aromatic N) is 6. The number of aromatic carboxylic acids is 1. The maximum absolute atomic E-state index is 11.4. The minimum absolute atomic E-state index is 0. The zero-order valence-corrected chi connectivity index (χ0v) is 28.2. The number of hydrogen-bond donors (Lipinski definition) is 1. The molecule has 0 radical (unpaired) electrons. The van der Waals surface area contributed by atoms with E-state index in [1.807, 2.05) is 0 Å². The van der Waals surface area contributed by atoms with Crippen molar-refractivity contribution in [3.8, 4) is 32.1 Å². The number of carbonyl (C=O) groups excluding carboxylic acids is 2. The maximum atomic E-state index is 11.4. The zero-order valence-electron chi connectivity index (χ0n) is 25.7. The third-order valence-electron chi connectivity index (χ3n) is 5.14. The number of methoxy groups -OCH3 is 1. The first-order chi connectivity index (χ1) is 21.6. The smallest absolute Gasteiger partial charge is 0.870 e. The number of aryl methyl sites for hydroxylation is 3. The molecule has 47 heavy (non-hydrogen) atoms. The van der Waals surface area contributed by atoms with Crippen molar-refractivity contribution in [3.63, 3.8) is 0 Å². The van der Waals surface area contributed by atoms with Crippen molar-refractivity contribution < 1.29 is 66.9 Å². The molecule has 0 spiro atoms. The molecule has 6 aromatic heterocycles. The van der Waals surface area contributed by atoms with Crippen molar-refractivity contribution >= 4 is 51.9 Å². The van der Waals surface area contributed by atoms with Crippen molar-refractivity contribution in [2.24, 2.45) is 0 Å². The van der Waals surface area contributed by atoms with Crippen LogP contribution in [0.5, 0.6) is 0 Å². The average molecular weight is 697 g/mol. The van der Waals surface area contributed by atoms with E-state index < -0.39 is 5.97 Å². The Bertz CT molecular complexity index is 1910. The molecule has 6 aromatic rings.